The van der Waals surface area contributed by atoms with E-state index in [-0.39, 0.29) is 12.4 Å². The Hall–Kier alpha value is -1.84. The summed E-state index contributed by atoms with van der Waals surface area (Å²) in [5.74, 6) is 0.245. The van der Waals surface area contributed by atoms with Crippen LogP contribution in [0, 0.1) is 0 Å². The van der Waals surface area contributed by atoms with Crippen LogP contribution in [0.5, 0.6) is 5.75 Å². The number of aliphatic hydroxyl groups excluding tert-OH is 1. The molecule has 0 saturated carbocycles. The highest BCUT2D eigenvalue weighted by Gasteiger charge is 2.33. The smallest absolute Gasteiger partial charge is 0.129 e. The third-order valence-corrected chi connectivity index (χ3v) is 5.00. The summed E-state index contributed by atoms with van der Waals surface area (Å²) >= 11 is 0. The van der Waals surface area contributed by atoms with Crippen LogP contribution in [0.25, 0.3) is 11.1 Å². The first-order valence-corrected chi connectivity index (χ1v) is 7.47. The zero-order valence-electron chi connectivity index (χ0n) is 12.1. The molecule has 2 aromatic rings. The van der Waals surface area contributed by atoms with Crippen LogP contribution in [0.2, 0.25) is 0 Å². The molecule has 0 amide bonds. The molecule has 0 radical (unpaired) electrons. The van der Waals surface area contributed by atoms with E-state index < -0.39 is 0 Å². The monoisotopic (exact) mass is 281 g/mol. The van der Waals surface area contributed by atoms with Crippen molar-refractivity contribution in [1.29, 1.82) is 0 Å². The minimum absolute atomic E-state index is 0.128. The van der Waals surface area contributed by atoms with Crippen LogP contribution in [-0.4, -0.2) is 28.7 Å². The van der Waals surface area contributed by atoms with Crippen LogP contribution >= 0.6 is 0 Å². The van der Waals surface area contributed by atoms with E-state index in [0.717, 1.165) is 30.5 Å². The molecule has 1 unspecified atom stereocenters. The van der Waals surface area contributed by atoms with Gasteiger partial charge in [0.1, 0.15) is 5.75 Å². The normalized spacial score (nSPS) is 20.0. The molecule has 1 aliphatic heterocycles. The van der Waals surface area contributed by atoms with Gasteiger partial charge in [0.05, 0.1) is 6.61 Å². The van der Waals surface area contributed by atoms with E-state index in [9.17, 15) is 10.2 Å². The van der Waals surface area contributed by atoms with Crippen LogP contribution < -0.4 is 0 Å². The van der Waals surface area contributed by atoms with Crippen LogP contribution in [0.1, 0.15) is 28.3 Å². The lowest BCUT2D eigenvalue weighted by molar-refractivity contribution is 0.228. The molecule has 1 aliphatic carbocycles. The molecule has 2 aliphatic rings. The van der Waals surface area contributed by atoms with Crippen LogP contribution in [0.15, 0.2) is 30.3 Å². The summed E-state index contributed by atoms with van der Waals surface area (Å²) in [5.41, 5.74) is 6.60. The molecule has 0 aromatic heterocycles. The number of hydrogen-bond acceptors (Lipinski definition) is 3. The molecule has 4 rings (SSSR count). The van der Waals surface area contributed by atoms with E-state index >= 15 is 0 Å². The molecular weight excluding hydrogens is 262 g/mol. The second-order valence-corrected chi connectivity index (χ2v) is 6.09. The maximum atomic E-state index is 10.5. The quantitative estimate of drug-likeness (QED) is 0.844. The van der Waals surface area contributed by atoms with E-state index in [0.29, 0.717) is 11.6 Å². The lowest BCUT2D eigenvalue weighted by Crippen LogP contribution is -2.35. The molecule has 1 atom stereocenters. The molecule has 0 bridgehead atoms. The van der Waals surface area contributed by atoms with Crippen molar-refractivity contribution in [3.63, 3.8) is 0 Å². The van der Waals surface area contributed by atoms with Crippen LogP contribution in [0.3, 0.4) is 0 Å². The number of rotatable bonds is 1. The predicted molar refractivity (Wildman–Crippen MR) is 82.2 cm³/mol. The fourth-order valence-corrected chi connectivity index (χ4v) is 3.86. The Labute approximate surface area is 124 Å². The Morgan fingerprint density at radius 2 is 2.05 bits per heavy atom. The SMILES string of the molecule is CN1CCc2cccc3c2C1Cc1ccc(CO)c(O)c1-3. The van der Waals surface area contributed by atoms with Gasteiger partial charge in [-0.3, -0.25) is 4.90 Å². The summed E-state index contributed by atoms with van der Waals surface area (Å²) in [6.07, 6.45) is 1.99. The number of aromatic hydroxyl groups is 1. The third kappa shape index (κ3) is 1.74. The number of benzene rings is 2. The second-order valence-electron chi connectivity index (χ2n) is 6.09. The molecule has 3 heteroatoms. The van der Waals surface area contributed by atoms with Crippen molar-refractivity contribution in [2.75, 3.05) is 13.6 Å². The molecule has 0 saturated heterocycles. The highest BCUT2D eigenvalue weighted by Crippen LogP contribution is 2.48. The Kier molecular flexibility index (Phi) is 2.81. The van der Waals surface area contributed by atoms with Gasteiger partial charge >= 0.3 is 0 Å². The summed E-state index contributed by atoms with van der Waals surface area (Å²) in [6.45, 7) is 0.953. The van der Waals surface area contributed by atoms with Gasteiger partial charge in [-0.05, 0) is 42.1 Å². The van der Waals surface area contributed by atoms with E-state index in [4.69, 9.17) is 0 Å². The summed E-state index contributed by atoms with van der Waals surface area (Å²) in [5, 5.41) is 19.9. The van der Waals surface area contributed by atoms with Crippen molar-refractivity contribution in [2.45, 2.75) is 25.5 Å². The molecule has 0 spiro atoms. The Morgan fingerprint density at radius 3 is 2.86 bits per heavy atom. The van der Waals surface area contributed by atoms with E-state index in [1.807, 2.05) is 6.07 Å². The number of phenols is 1. The van der Waals surface area contributed by atoms with Gasteiger partial charge in [0, 0.05) is 23.7 Å². The van der Waals surface area contributed by atoms with Crippen LogP contribution in [-0.2, 0) is 19.4 Å². The summed E-state index contributed by atoms with van der Waals surface area (Å²) in [4.78, 5) is 2.41. The Balaban J connectivity index is 2.02. The third-order valence-electron chi connectivity index (χ3n) is 5.00. The molecule has 21 heavy (non-hydrogen) atoms. The molecule has 2 N–H and O–H groups in total. The lowest BCUT2D eigenvalue weighted by atomic mass is 9.76. The van der Waals surface area contributed by atoms with E-state index in [1.165, 1.54) is 16.7 Å². The summed E-state index contributed by atoms with van der Waals surface area (Å²) in [6, 6.07) is 10.7. The van der Waals surface area contributed by atoms with Gasteiger partial charge in [-0.15, -0.1) is 0 Å². The minimum Gasteiger partial charge on any atom is -0.507 e. The lowest BCUT2D eigenvalue weighted by Gasteiger charge is -2.40. The first kappa shape index (κ1) is 12.9. The van der Waals surface area contributed by atoms with Gasteiger partial charge in [-0.2, -0.15) is 0 Å². The largest absolute Gasteiger partial charge is 0.507 e. The summed E-state index contributed by atoms with van der Waals surface area (Å²) < 4.78 is 0. The average Bonchev–Trinajstić information content (AvgIpc) is 2.51. The predicted octanol–water partition coefficient (Wildman–Crippen LogP) is 2.64. The van der Waals surface area contributed by atoms with E-state index in [1.54, 1.807) is 0 Å². The molecule has 2 aromatic carbocycles. The zero-order chi connectivity index (χ0) is 14.6. The fraction of sp³-hybridized carbons (Fsp3) is 0.333. The Morgan fingerprint density at radius 1 is 1.19 bits per heavy atom. The van der Waals surface area contributed by atoms with Gasteiger partial charge in [0.2, 0.25) is 0 Å². The maximum absolute atomic E-state index is 10.5. The van der Waals surface area contributed by atoms with Gasteiger partial charge in [0.15, 0.2) is 0 Å². The van der Waals surface area contributed by atoms with Gasteiger partial charge in [-0.25, -0.2) is 0 Å². The maximum Gasteiger partial charge on any atom is 0.129 e. The van der Waals surface area contributed by atoms with Crippen molar-refractivity contribution >= 4 is 0 Å². The second kappa shape index (κ2) is 4.58. The molecule has 0 fully saturated rings. The first-order valence-electron chi connectivity index (χ1n) is 7.47. The first-order chi connectivity index (χ1) is 10.2. The van der Waals surface area contributed by atoms with Gasteiger partial charge in [-0.1, -0.05) is 30.3 Å². The molecule has 3 nitrogen and oxygen atoms in total. The highest BCUT2D eigenvalue weighted by molar-refractivity contribution is 5.81. The van der Waals surface area contributed by atoms with Crippen molar-refractivity contribution < 1.29 is 10.2 Å². The molecular formula is C18H19NO2. The van der Waals surface area contributed by atoms with Crippen molar-refractivity contribution in [1.82, 2.24) is 4.90 Å². The Bertz CT molecular complexity index is 723. The van der Waals surface area contributed by atoms with Gasteiger partial charge < -0.3 is 10.2 Å². The summed E-state index contributed by atoms with van der Waals surface area (Å²) in [7, 11) is 2.18. The van der Waals surface area contributed by atoms with Gasteiger partial charge in [0.25, 0.3) is 0 Å². The van der Waals surface area contributed by atoms with Crippen molar-refractivity contribution in [2.24, 2.45) is 0 Å². The number of hydrogen-bond donors (Lipinski definition) is 2. The minimum atomic E-state index is -0.128. The zero-order valence-corrected chi connectivity index (χ0v) is 12.1. The number of fused-ring (bicyclic) bond motifs is 2. The van der Waals surface area contributed by atoms with Crippen molar-refractivity contribution in [3.8, 4) is 16.9 Å². The average molecular weight is 281 g/mol. The highest BCUT2D eigenvalue weighted by atomic mass is 16.3. The molecule has 108 valence electrons. The number of likely N-dealkylation sites (N-methyl/N-ethyl adjacent to an activating group) is 1. The van der Waals surface area contributed by atoms with Crippen molar-refractivity contribution in [3.05, 3.63) is 52.6 Å². The number of nitrogens with zero attached hydrogens (tertiary/aromatic N) is 1. The number of aliphatic hydroxyl groups is 1. The molecule has 1 heterocycles. The van der Waals surface area contributed by atoms with E-state index in [2.05, 4.69) is 36.2 Å². The standard InChI is InChI=1S/C18H19NO2/c1-19-8-7-11-3-2-4-14-16(11)15(19)9-12-5-6-13(10-20)18(21)17(12)14/h2-6,15,20-21H,7-10H2,1H3. The fourth-order valence-electron chi connectivity index (χ4n) is 3.86. The van der Waals surface area contributed by atoms with Crippen LogP contribution in [0.4, 0.5) is 0 Å². The topological polar surface area (TPSA) is 43.7 Å².